The molecule has 0 spiro atoms. The van der Waals surface area contributed by atoms with Crippen molar-refractivity contribution < 1.29 is 4.74 Å². The number of nitrogens with zero attached hydrogens (tertiary/aromatic N) is 2. The lowest BCUT2D eigenvalue weighted by molar-refractivity contribution is 0.305. The summed E-state index contributed by atoms with van der Waals surface area (Å²) in [6.45, 7) is 0.268. The SMILES string of the molecule is Clc1nnc(COc2cccc(Cl)c2Cl)s1. The molecule has 0 saturated carbocycles. The Morgan fingerprint density at radius 1 is 1.19 bits per heavy atom. The summed E-state index contributed by atoms with van der Waals surface area (Å²) >= 11 is 18.7. The molecule has 0 fully saturated rings. The first-order valence-electron chi connectivity index (χ1n) is 4.21. The van der Waals surface area contributed by atoms with Crippen LogP contribution < -0.4 is 4.74 Å². The molecule has 0 aliphatic rings. The minimum atomic E-state index is 0.268. The van der Waals surface area contributed by atoms with E-state index in [1.165, 1.54) is 11.3 Å². The lowest BCUT2D eigenvalue weighted by atomic mass is 10.3. The molecule has 0 bridgehead atoms. The summed E-state index contributed by atoms with van der Waals surface area (Å²) in [5.74, 6) is 0.514. The molecule has 0 saturated heterocycles. The molecule has 3 nitrogen and oxygen atoms in total. The van der Waals surface area contributed by atoms with Crippen LogP contribution in [0.25, 0.3) is 0 Å². The van der Waals surface area contributed by atoms with Crippen LogP contribution in [0, 0.1) is 0 Å². The van der Waals surface area contributed by atoms with Gasteiger partial charge in [0, 0.05) is 0 Å². The zero-order chi connectivity index (χ0) is 11.5. The van der Waals surface area contributed by atoms with E-state index < -0.39 is 0 Å². The van der Waals surface area contributed by atoms with Gasteiger partial charge in [-0.2, -0.15) is 0 Å². The van der Waals surface area contributed by atoms with Crippen LogP contribution in [-0.4, -0.2) is 10.2 Å². The Morgan fingerprint density at radius 2 is 2.00 bits per heavy atom. The molecule has 1 heterocycles. The zero-order valence-corrected chi connectivity index (χ0v) is 10.9. The van der Waals surface area contributed by atoms with Gasteiger partial charge in [0.2, 0.25) is 4.47 Å². The van der Waals surface area contributed by atoms with Crippen LogP contribution >= 0.6 is 46.1 Å². The molecule has 0 atom stereocenters. The minimum Gasteiger partial charge on any atom is -0.485 e. The molecule has 2 rings (SSSR count). The third kappa shape index (κ3) is 2.77. The monoisotopic (exact) mass is 294 g/mol. The minimum absolute atomic E-state index is 0.268. The predicted molar refractivity (Wildman–Crippen MR) is 65.7 cm³/mol. The van der Waals surface area contributed by atoms with Gasteiger partial charge in [-0.05, 0) is 23.7 Å². The first-order valence-corrected chi connectivity index (χ1v) is 6.16. The van der Waals surface area contributed by atoms with E-state index in [2.05, 4.69) is 10.2 Å². The molecule has 7 heteroatoms. The molecule has 2 aromatic rings. The highest BCUT2D eigenvalue weighted by Gasteiger charge is 2.07. The van der Waals surface area contributed by atoms with E-state index in [0.29, 0.717) is 25.3 Å². The predicted octanol–water partition coefficient (Wildman–Crippen LogP) is 4.08. The zero-order valence-electron chi connectivity index (χ0n) is 7.78. The lowest BCUT2D eigenvalue weighted by Gasteiger charge is -2.06. The second kappa shape index (κ2) is 5.19. The Labute approximate surface area is 111 Å². The Hall–Kier alpha value is -0.550. The summed E-state index contributed by atoms with van der Waals surface area (Å²) < 4.78 is 5.83. The quantitative estimate of drug-likeness (QED) is 0.856. The van der Waals surface area contributed by atoms with Crippen LogP contribution in [0.15, 0.2) is 18.2 Å². The highest BCUT2D eigenvalue weighted by molar-refractivity contribution is 7.15. The molecule has 0 unspecified atom stereocenters. The molecule has 0 N–H and O–H groups in total. The fourth-order valence-electron chi connectivity index (χ4n) is 1.03. The number of benzene rings is 1. The van der Waals surface area contributed by atoms with Crippen LogP contribution in [0.1, 0.15) is 5.01 Å². The summed E-state index contributed by atoms with van der Waals surface area (Å²) in [6.07, 6.45) is 0. The molecule has 16 heavy (non-hydrogen) atoms. The van der Waals surface area contributed by atoms with E-state index in [-0.39, 0.29) is 6.61 Å². The summed E-state index contributed by atoms with van der Waals surface area (Å²) in [6, 6.07) is 5.19. The fourth-order valence-corrected chi connectivity index (χ4v) is 2.15. The number of aromatic nitrogens is 2. The van der Waals surface area contributed by atoms with E-state index in [1.807, 2.05) is 0 Å². The van der Waals surface area contributed by atoms with Gasteiger partial charge in [-0.3, -0.25) is 0 Å². The van der Waals surface area contributed by atoms with E-state index >= 15 is 0 Å². The summed E-state index contributed by atoms with van der Waals surface area (Å²) in [5.41, 5.74) is 0. The number of ether oxygens (including phenoxy) is 1. The van der Waals surface area contributed by atoms with Crippen LogP contribution in [0.4, 0.5) is 0 Å². The summed E-state index contributed by atoms with van der Waals surface area (Å²) in [5, 5.41) is 9.01. The normalized spacial score (nSPS) is 10.4. The van der Waals surface area contributed by atoms with E-state index in [0.717, 1.165) is 0 Å². The Morgan fingerprint density at radius 3 is 2.69 bits per heavy atom. The molecule has 0 amide bonds. The van der Waals surface area contributed by atoms with Gasteiger partial charge < -0.3 is 4.74 Å². The van der Waals surface area contributed by atoms with Crippen molar-refractivity contribution in [1.82, 2.24) is 10.2 Å². The van der Waals surface area contributed by atoms with Gasteiger partial charge in [-0.1, -0.05) is 40.6 Å². The third-order valence-corrected chi connectivity index (χ3v) is 3.50. The standard InChI is InChI=1S/C9H5Cl3N2OS/c10-5-2-1-3-6(8(5)11)15-4-7-13-14-9(12)16-7/h1-3H,4H2. The fraction of sp³-hybridized carbons (Fsp3) is 0.111. The molecular weight excluding hydrogens is 291 g/mol. The second-order valence-electron chi connectivity index (χ2n) is 2.79. The Kier molecular flexibility index (Phi) is 3.86. The van der Waals surface area contributed by atoms with Crippen LogP contribution in [-0.2, 0) is 6.61 Å². The molecule has 0 aliphatic heterocycles. The van der Waals surface area contributed by atoms with Crippen molar-refractivity contribution in [2.75, 3.05) is 0 Å². The van der Waals surface area contributed by atoms with Gasteiger partial charge in [0.1, 0.15) is 17.4 Å². The molecule has 84 valence electrons. The Bertz CT molecular complexity index is 503. The van der Waals surface area contributed by atoms with Gasteiger partial charge in [0.05, 0.1) is 5.02 Å². The number of hydrogen-bond donors (Lipinski definition) is 0. The van der Waals surface area contributed by atoms with Crippen molar-refractivity contribution in [3.63, 3.8) is 0 Å². The van der Waals surface area contributed by atoms with Crippen molar-refractivity contribution in [2.24, 2.45) is 0 Å². The first kappa shape index (κ1) is 11.9. The molecule has 1 aromatic carbocycles. The van der Waals surface area contributed by atoms with E-state index in [4.69, 9.17) is 39.5 Å². The Balaban J connectivity index is 2.07. The van der Waals surface area contributed by atoms with Crippen molar-refractivity contribution in [3.8, 4) is 5.75 Å². The number of halogens is 3. The lowest BCUT2D eigenvalue weighted by Crippen LogP contribution is -1.95. The topological polar surface area (TPSA) is 35.0 Å². The summed E-state index contributed by atoms with van der Waals surface area (Å²) in [4.78, 5) is 0. The maximum Gasteiger partial charge on any atom is 0.207 e. The average Bonchev–Trinajstić information content (AvgIpc) is 2.67. The number of rotatable bonds is 3. The van der Waals surface area contributed by atoms with Crippen LogP contribution in [0.2, 0.25) is 14.5 Å². The van der Waals surface area contributed by atoms with Crippen molar-refractivity contribution in [1.29, 1.82) is 0 Å². The molecular formula is C9H5Cl3N2OS. The first-order chi connectivity index (χ1) is 7.66. The number of hydrogen-bond acceptors (Lipinski definition) is 4. The average molecular weight is 296 g/mol. The van der Waals surface area contributed by atoms with Gasteiger partial charge in [0.15, 0.2) is 5.01 Å². The highest BCUT2D eigenvalue weighted by atomic mass is 35.5. The molecule has 1 aromatic heterocycles. The summed E-state index contributed by atoms with van der Waals surface area (Å²) in [7, 11) is 0. The van der Waals surface area contributed by atoms with Crippen LogP contribution in [0.3, 0.4) is 0 Å². The van der Waals surface area contributed by atoms with Crippen molar-refractivity contribution in [2.45, 2.75) is 6.61 Å². The highest BCUT2D eigenvalue weighted by Crippen LogP contribution is 2.32. The third-order valence-electron chi connectivity index (χ3n) is 1.71. The van der Waals surface area contributed by atoms with E-state index in [9.17, 15) is 0 Å². The van der Waals surface area contributed by atoms with E-state index in [1.54, 1.807) is 18.2 Å². The molecule has 0 radical (unpaired) electrons. The van der Waals surface area contributed by atoms with Gasteiger partial charge >= 0.3 is 0 Å². The van der Waals surface area contributed by atoms with Gasteiger partial charge in [-0.25, -0.2) is 0 Å². The van der Waals surface area contributed by atoms with Crippen molar-refractivity contribution in [3.05, 3.63) is 37.7 Å². The maximum atomic E-state index is 5.95. The molecule has 0 aliphatic carbocycles. The second-order valence-corrected chi connectivity index (χ2v) is 5.22. The van der Waals surface area contributed by atoms with Crippen LogP contribution in [0.5, 0.6) is 5.75 Å². The van der Waals surface area contributed by atoms with Gasteiger partial charge in [0.25, 0.3) is 0 Å². The van der Waals surface area contributed by atoms with Gasteiger partial charge in [-0.15, -0.1) is 10.2 Å². The maximum absolute atomic E-state index is 5.95. The van der Waals surface area contributed by atoms with Crippen molar-refractivity contribution >= 4 is 46.1 Å². The largest absolute Gasteiger partial charge is 0.485 e. The smallest absolute Gasteiger partial charge is 0.207 e.